The van der Waals surface area contributed by atoms with E-state index in [-0.39, 0.29) is 18.9 Å². The summed E-state index contributed by atoms with van der Waals surface area (Å²) in [6.07, 6.45) is 0.139. The Morgan fingerprint density at radius 3 is 2.65 bits per heavy atom. The van der Waals surface area contributed by atoms with Crippen LogP contribution in [0.2, 0.25) is 0 Å². The number of ether oxygens (including phenoxy) is 2. The number of carbonyl (C=O) groups is 2. The highest BCUT2D eigenvalue weighted by atomic mass is 16.5. The summed E-state index contributed by atoms with van der Waals surface area (Å²) in [5.74, 6) is -0.159. The third kappa shape index (κ3) is 5.17. The monoisotopic (exact) mass is 280 g/mol. The first-order chi connectivity index (χ1) is 9.56. The lowest BCUT2D eigenvalue weighted by Crippen LogP contribution is -2.24. The molecule has 0 aliphatic carbocycles. The van der Waals surface area contributed by atoms with Crippen LogP contribution in [0.3, 0.4) is 0 Å². The van der Waals surface area contributed by atoms with Crippen molar-refractivity contribution in [1.82, 2.24) is 5.32 Å². The predicted molar refractivity (Wildman–Crippen MR) is 75.6 cm³/mol. The smallest absolute Gasteiger partial charge is 0.338 e. The van der Waals surface area contributed by atoms with Crippen LogP contribution in [0.4, 0.5) is 5.69 Å². The molecule has 6 heteroatoms. The molecule has 0 saturated heterocycles. The molecule has 0 atom stereocenters. The van der Waals surface area contributed by atoms with Crippen LogP contribution < -0.4 is 15.8 Å². The number of nitrogens with one attached hydrogen (secondary N) is 1. The normalized spacial score (nSPS) is 9.90. The van der Waals surface area contributed by atoms with Crippen molar-refractivity contribution >= 4 is 17.6 Å². The number of hydrogen-bond acceptors (Lipinski definition) is 5. The van der Waals surface area contributed by atoms with E-state index in [0.717, 1.165) is 0 Å². The second-order valence-corrected chi connectivity index (χ2v) is 4.06. The first kappa shape index (κ1) is 15.8. The molecule has 0 spiro atoms. The Balaban J connectivity index is 2.56. The molecule has 0 radical (unpaired) electrons. The van der Waals surface area contributed by atoms with Gasteiger partial charge in [-0.05, 0) is 26.0 Å². The summed E-state index contributed by atoms with van der Waals surface area (Å²) in [6, 6.07) is 4.71. The average molecular weight is 280 g/mol. The Morgan fingerprint density at radius 1 is 1.25 bits per heavy atom. The van der Waals surface area contributed by atoms with Gasteiger partial charge in [-0.1, -0.05) is 0 Å². The molecule has 0 bridgehead atoms. The minimum Gasteiger partial charge on any atom is -0.494 e. The maximum Gasteiger partial charge on any atom is 0.338 e. The van der Waals surface area contributed by atoms with E-state index in [1.54, 1.807) is 12.1 Å². The molecule has 1 amide bonds. The number of rotatable bonds is 7. The Bertz CT molecular complexity index is 474. The molecular weight excluding hydrogens is 260 g/mol. The summed E-state index contributed by atoms with van der Waals surface area (Å²) in [4.78, 5) is 23.0. The number of nitrogens with two attached hydrogens (primary N) is 1. The summed E-state index contributed by atoms with van der Waals surface area (Å²) in [5.41, 5.74) is 6.42. The second-order valence-electron chi connectivity index (χ2n) is 4.06. The lowest BCUT2D eigenvalue weighted by atomic mass is 10.2. The van der Waals surface area contributed by atoms with Gasteiger partial charge in [-0.25, -0.2) is 4.79 Å². The summed E-state index contributed by atoms with van der Waals surface area (Å²) < 4.78 is 10.3. The zero-order valence-corrected chi connectivity index (χ0v) is 11.8. The molecule has 0 aliphatic rings. The number of esters is 1. The van der Waals surface area contributed by atoms with Gasteiger partial charge < -0.3 is 20.5 Å². The number of carbonyl (C=O) groups excluding carboxylic acids is 2. The van der Waals surface area contributed by atoms with Gasteiger partial charge >= 0.3 is 5.97 Å². The van der Waals surface area contributed by atoms with Crippen molar-refractivity contribution in [2.75, 3.05) is 25.5 Å². The van der Waals surface area contributed by atoms with Crippen molar-refractivity contribution in [2.24, 2.45) is 0 Å². The number of hydrogen-bond donors (Lipinski definition) is 2. The van der Waals surface area contributed by atoms with E-state index in [9.17, 15) is 9.59 Å². The summed E-state index contributed by atoms with van der Waals surface area (Å²) in [6.45, 7) is 4.73. The predicted octanol–water partition coefficient (Wildman–Crippen LogP) is 1.35. The van der Waals surface area contributed by atoms with Gasteiger partial charge in [-0.3, -0.25) is 4.79 Å². The largest absolute Gasteiger partial charge is 0.494 e. The van der Waals surface area contributed by atoms with Crippen LogP contribution in [0.25, 0.3) is 0 Å². The van der Waals surface area contributed by atoms with Gasteiger partial charge in [0.1, 0.15) is 12.4 Å². The molecule has 1 aromatic rings. The quantitative estimate of drug-likeness (QED) is 0.581. The summed E-state index contributed by atoms with van der Waals surface area (Å²) in [5, 5.41) is 2.62. The lowest BCUT2D eigenvalue weighted by molar-refractivity contribution is -0.121. The minimum atomic E-state index is -0.525. The third-order valence-electron chi connectivity index (χ3n) is 2.41. The first-order valence-corrected chi connectivity index (χ1v) is 6.54. The Kier molecular flexibility index (Phi) is 6.36. The van der Waals surface area contributed by atoms with Crippen molar-refractivity contribution in [3.63, 3.8) is 0 Å². The van der Waals surface area contributed by atoms with Crippen molar-refractivity contribution in [2.45, 2.75) is 20.3 Å². The molecular formula is C14H20N2O4. The summed E-state index contributed by atoms with van der Waals surface area (Å²) >= 11 is 0. The highest BCUT2D eigenvalue weighted by Crippen LogP contribution is 2.19. The highest BCUT2D eigenvalue weighted by Gasteiger charge is 2.11. The fourth-order valence-electron chi connectivity index (χ4n) is 1.60. The maximum atomic E-state index is 11.8. The first-order valence-electron chi connectivity index (χ1n) is 6.54. The van der Waals surface area contributed by atoms with Gasteiger partial charge in [0.25, 0.3) is 0 Å². The minimum absolute atomic E-state index is 0.0312. The molecule has 110 valence electrons. The van der Waals surface area contributed by atoms with Gasteiger partial charge in [-0.2, -0.15) is 0 Å². The molecule has 1 aromatic carbocycles. The number of anilines is 1. The van der Waals surface area contributed by atoms with Gasteiger partial charge in [-0.15, -0.1) is 0 Å². The Labute approximate surface area is 118 Å². The van der Waals surface area contributed by atoms with E-state index in [1.165, 1.54) is 6.07 Å². The second kappa shape index (κ2) is 8.04. The summed E-state index contributed by atoms with van der Waals surface area (Å²) in [7, 11) is 0. The van der Waals surface area contributed by atoms with Crippen molar-refractivity contribution in [3.05, 3.63) is 23.8 Å². The van der Waals surface area contributed by atoms with E-state index < -0.39 is 5.97 Å². The van der Waals surface area contributed by atoms with Crippen molar-refractivity contribution < 1.29 is 19.1 Å². The maximum absolute atomic E-state index is 11.8. The Morgan fingerprint density at radius 2 is 2.00 bits per heavy atom. The van der Waals surface area contributed by atoms with E-state index in [2.05, 4.69) is 5.32 Å². The van der Waals surface area contributed by atoms with Crippen LogP contribution in [0.15, 0.2) is 18.2 Å². The zero-order chi connectivity index (χ0) is 15.0. The van der Waals surface area contributed by atoms with Crippen LogP contribution in [-0.2, 0) is 9.53 Å². The van der Waals surface area contributed by atoms with Gasteiger partial charge in [0, 0.05) is 18.3 Å². The van der Waals surface area contributed by atoms with Gasteiger partial charge in [0.2, 0.25) is 5.91 Å². The molecule has 0 aromatic heterocycles. The van der Waals surface area contributed by atoms with E-state index >= 15 is 0 Å². The zero-order valence-electron chi connectivity index (χ0n) is 11.8. The molecule has 0 saturated carbocycles. The molecule has 1 rings (SSSR count). The standard InChI is InChI=1S/C14H20N2O4/c1-3-16-13(17)5-6-20-14(18)10-7-11(15)9-12(8-10)19-4-2/h7-9H,3-6,15H2,1-2H3,(H,16,17). The Hall–Kier alpha value is -2.24. The van der Waals surface area contributed by atoms with Crippen LogP contribution in [0.5, 0.6) is 5.75 Å². The molecule has 6 nitrogen and oxygen atoms in total. The molecule has 0 fully saturated rings. The van der Waals surface area contributed by atoms with Gasteiger partial charge in [0.05, 0.1) is 18.6 Å². The van der Waals surface area contributed by atoms with Crippen LogP contribution in [0.1, 0.15) is 30.6 Å². The van der Waals surface area contributed by atoms with Gasteiger partial charge in [0.15, 0.2) is 0 Å². The third-order valence-corrected chi connectivity index (χ3v) is 2.41. The average Bonchev–Trinajstić information content (AvgIpc) is 2.38. The lowest BCUT2D eigenvalue weighted by Gasteiger charge is -2.08. The fourth-order valence-corrected chi connectivity index (χ4v) is 1.60. The molecule has 3 N–H and O–H groups in total. The molecule has 0 heterocycles. The number of amides is 1. The van der Waals surface area contributed by atoms with Crippen molar-refractivity contribution in [1.29, 1.82) is 0 Å². The number of benzene rings is 1. The highest BCUT2D eigenvalue weighted by molar-refractivity contribution is 5.91. The molecule has 0 unspecified atom stereocenters. The van der Waals surface area contributed by atoms with E-state index in [4.69, 9.17) is 15.2 Å². The number of nitrogen functional groups attached to an aromatic ring is 1. The molecule has 0 aliphatic heterocycles. The van der Waals surface area contributed by atoms with E-state index in [0.29, 0.717) is 30.2 Å². The SMILES string of the molecule is CCNC(=O)CCOC(=O)c1cc(N)cc(OCC)c1. The fraction of sp³-hybridized carbons (Fsp3) is 0.429. The topological polar surface area (TPSA) is 90.7 Å². The van der Waals surface area contributed by atoms with Crippen molar-refractivity contribution in [3.8, 4) is 5.75 Å². The van der Waals surface area contributed by atoms with Crippen LogP contribution >= 0.6 is 0 Å². The molecule has 20 heavy (non-hydrogen) atoms. The van der Waals surface area contributed by atoms with E-state index in [1.807, 2.05) is 13.8 Å². The van der Waals surface area contributed by atoms with Crippen LogP contribution in [0, 0.1) is 0 Å². The van der Waals surface area contributed by atoms with Crippen LogP contribution in [-0.4, -0.2) is 31.6 Å².